The van der Waals surface area contributed by atoms with Crippen LogP contribution in [0, 0.1) is 0 Å². The van der Waals surface area contributed by atoms with Gasteiger partial charge >= 0.3 is 0 Å². The average molecular weight is 232 g/mol. The van der Waals surface area contributed by atoms with E-state index in [4.69, 9.17) is 10.7 Å². The van der Waals surface area contributed by atoms with Crippen molar-refractivity contribution in [3.8, 4) is 0 Å². The van der Waals surface area contributed by atoms with Crippen molar-refractivity contribution in [2.24, 2.45) is 5.73 Å². The lowest BCUT2D eigenvalue weighted by Crippen LogP contribution is -2.31. The fraction of sp³-hybridized carbons (Fsp3) is 0.462. The van der Waals surface area contributed by atoms with Gasteiger partial charge < -0.3 is 5.73 Å². The summed E-state index contributed by atoms with van der Waals surface area (Å²) >= 11 is 1.83. The highest BCUT2D eigenvalue weighted by atomic mass is 32.1. The van der Waals surface area contributed by atoms with Crippen molar-refractivity contribution in [2.75, 3.05) is 6.54 Å². The van der Waals surface area contributed by atoms with E-state index in [2.05, 4.69) is 24.3 Å². The van der Waals surface area contributed by atoms with Crippen LogP contribution in [0.3, 0.4) is 0 Å². The minimum absolute atomic E-state index is 0.184. The van der Waals surface area contributed by atoms with Crippen molar-refractivity contribution in [1.29, 1.82) is 0 Å². The summed E-state index contributed by atoms with van der Waals surface area (Å²) in [5, 5.41) is 1.26. The number of rotatable bonds is 2. The second-order valence-corrected chi connectivity index (χ2v) is 5.71. The number of hydrogen-bond acceptors (Lipinski definition) is 3. The van der Waals surface area contributed by atoms with Crippen molar-refractivity contribution in [3.05, 3.63) is 29.3 Å². The van der Waals surface area contributed by atoms with Crippen LogP contribution in [0.1, 0.15) is 30.7 Å². The van der Waals surface area contributed by atoms with E-state index in [1.54, 1.807) is 0 Å². The second kappa shape index (κ2) is 3.82. The second-order valence-electron chi connectivity index (χ2n) is 4.68. The fourth-order valence-corrected chi connectivity index (χ4v) is 3.88. The molecule has 2 aromatic rings. The minimum Gasteiger partial charge on any atom is -0.329 e. The molecule has 0 spiro atoms. The zero-order valence-corrected chi connectivity index (χ0v) is 10.1. The fourth-order valence-electron chi connectivity index (χ4n) is 2.66. The molecule has 0 bridgehead atoms. The van der Waals surface area contributed by atoms with Gasteiger partial charge in [0.15, 0.2) is 0 Å². The highest BCUT2D eigenvalue weighted by Crippen LogP contribution is 2.42. The normalized spacial score (nSPS) is 19.3. The molecule has 0 saturated heterocycles. The molecule has 1 aromatic heterocycles. The molecule has 1 saturated carbocycles. The van der Waals surface area contributed by atoms with Gasteiger partial charge in [-0.25, -0.2) is 4.98 Å². The number of nitrogens with two attached hydrogens (primary N) is 1. The molecule has 0 radical (unpaired) electrons. The summed E-state index contributed by atoms with van der Waals surface area (Å²) in [7, 11) is 0. The monoisotopic (exact) mass is 232 g/mol. The van der Waals surface area contributed by atoms with E-state index in [9.17, 15) is 0 Å². The number of thiazole rings is 1. The lowest BCUT2D eigenvalue weighted by atomic mass is 9.87. The number of fused-ring (bicyclic) bond motifs is 1. The smallest absolute Gasteiger partial charge is 0.101 e. The summed E-state index contributed by atoms with van der Waals surface area (Å²) in [6, 6.07) is 8.37. The molecule has 2 N–H and O–H groups in total. The first-order valence-corrected chi connectivity index (χ1v) is 6.72. The van der Waals surface area contributed by atoms with Gasteiger partial charge in [0.1, 0.15) is 5.01 Å². The van der Waals surface area contributed by atoms with E-state index >= 15 is 0 Å². The Morgan fingerprint density at radius 1 is 1.25 bits per heavy atom. The highest BCUT2D eigenvalue weighted by Gasteiger charge is 2.37. The summed E-state index contributed by atoms with van der Waals surface area (Å²) in [4.78, 5) is 4.78. The molecule has 16 heavy (non-hydrogen) atoms. The van der Waals surface area contributed by atoms with Crippen molar-refractivity contribution in [2.45, 2.75) is 31.1 Å². The minimum atomic E-state index is 0.184. The van der Waals surface area contributed by atoms with Gasteiger partial charge in [-0.05, 0) is 25.0 Å². The van der Waals surface area contributed by atoms with E-state index in [0.717, 1.165) is 12.1 Å². The van der Waals surface area contributed by atoms with Gasteiger partial charge in [-0.15, -0.1) is 11.3 Å². The molecule has 0 unspecified atom stereocenters. The van der Waals surface area contributed by atoms with Gasteiger partial charge in [0.25, 0.3) is 0 Å². The summed E-state index contributed by atoms with van der Waals surface area (Å²) in [5.41, 5.74) is 7.30. The highest BCUT2D eigenvalue weighted by molar-refractivity contribution is 7.18. The largest absolute Gasteiger partial charge is 0.329 e. The summed E-state index contributed by atoms with van der Waals surface area (Å²) in [5.74, 6) is 0. The Morgan fingerprint density at radius 2 is 2.00 bits per heavy atom. The molecule has 0 atom stereocenters. The van der Waals surface area contributed by atoms with Crippen LogP contribution in [0.4, 0.5) is 0 Å². The maximum absolute atomic E-state index is 5.99. The lowest BCUT2D eigenvalue weighted by molar-refractivity contribution is 0.451. The topological polar surface area (TPSA) is 38.9 Å². The van der Waals surface area contributed by atoms with Crippen LogP contribution in [-0.2, 0) is 5.41 Å². The molecule has 2 nitrogen and oxygen atoms in total. The number of benzene rings is 1. The Balaban J connectivity index is 2.10. The summed E-state index contributed by atoms with van der Waals surface area (Å²) in [6.07, 6.45) is 5.02. The van der Waals surface area contributed by atoms with Crippen molar-refractivity contribution >= 4 is 21.6 Å². The Morgan fingerprint density at radius 3 is 2.69 bits per heavy atom. The first-order chi connectivity index (χ1) is 7.84. The van der Waals surface area contributed by atoms with Crippen LogP contribution in [0.2, 0.25) is 0 Å². The Bertz CT molecular complexity index is 464. The molecule has 1 aliphatic carbocycles. The molecule has 1 aliphatic rings. The molecule has 1 fully saturated rings. The number of aromatic nitrogens is 1. The first kappa shape index (κ1) is 10.2. The molecule has 84 valence electrons. The van der Waals surface area contributed by atoms with Crippen molar-refractivity contribution < 1.29 is 0 Å². The zero-order chi connectivity index (χ0) is 11.0. The van der Waals surface area contributed by atoms with E-state index < -0.39 is 0 Å². The number of hydrogen-bond donors (Lipinski definition) is 1. The van der Waals surface area contributed by atoms with Gasteiger partial charge in [-0.1, -0.05) is 25.0 Å². The quantitative estimate of drug-likeness (QED) is 0.864. The number of para-hydroxylation sites is 1. The van der Waals surface area contributed by atoms with E-state index in [-0.39, 0.29) is 5.41 Å². The van der Waals surface area contributed by atoms with Gasteiger partial charge in [0, 0.05) is 12.0 Å². The third kappa shape index (κ3) is 1.46. The lowest BCUT2D eigenvalue weighted by Gasteiger charge is -2.23. The summed E-state index contributed by atoms with van der Waals surface area (Å²) < 4.78 is 1.29. The maximum atomic E-state index is 5.99. The van der Waals surface area contributed by atoms with Crippen LogP contribution >= 0.6 is 11.3 Å². The molecular formula is C13H16N2S. The SMILES string of the molecule is NCC1(c2nc3ccccc3s2)CCCC1. The van der Waals surface area contributed by atoms with E-state index in [0.29, 0.717) is 0 Å². The molecule has 0 amide bonds. The Kier molecular flexibility index (Phi) is 2.45. The van der Waals surface area contributed by atoms with Crippen molar-refractivity contribution in [3.63, 3.8) is 0 Å². The Hall–Kier alpha value is -0.930. The van der Waals surface area contributed by atoms with Crippen LogP contribution in [0.15, 0.2) is 24.3 Å². The Labute approximate surface area is 99.5 Å². The molecular weight excluding hydrogens is 216 g/mol. The average Bonchev–Trinajstić information content (AvgIpc) is 2.96. The molecule has 3 heteroatoms. The van der Waals surface area contributed by atoms with Gasteiger partial charge in [-0.3, -0.25) is 0 Å². The molecule has 1 aromatic carbocycles. The van der Waals surface area contributed by atoms with Crippen molar-refractivity contribution in [1.82, 2.24) is 4.98 Å². The van der Waals surface area contributed by atoms with Crippen LogP contribution in [0.5, 0.6) is 0 Å². The van der Waals surface area contributed by atoms with Crippen LogP contribution in [-0.4, -0.2) is 11.5 Å². The third-order valence-electron chi connectivity index (χ3n) is 3.70. The molecule has 1 heterocycles. The zero-order valence-electron chi connectivity index (χ0n) is 9.28. The van der Waals surface area contributed by atoms with E-state index in [1.165, 1.54) is 35.4 Å². The third-order valence-corrected chi connectivity index (χ3v) is 4.98. The first-order valence-electron chi connectivity index (χ1n) is 5.90. The van der Waals surface area contributed by atoms with Crippen LogP contribution in [0.25, 0.3) is 10.2 Å². The number of nitrogens with zero attached hydrogens (tertiary/aromatic N) is 1. The van der Waals surface area contributed by atoms with Gasteiger partial charge in [0.05, 0.1) is 10.2 Å². The predicted octanol–water partition coefficient (Wildman–Crippen LogP) is 3.07. The summed E-state index contributed by atoms with van der Waals surface area (Å²) in [6.45, 7) is 0.743. The molecule has 3 rings (SSSR count). The predicted molar refractivity (Wildman–Crippen MR) is 68.8 cm³/mol. The van der Waals surface area contributed by atoms with E-state index in [1.807, 2.05) is 11.3 Å². The van der Waals surface area contributed by atoms with Gasteiger partial charge in [0.2, 0.25) is 0 Å². The van der Waals surface area contributed by atoms with Crippen LogP contribution < -0.4 is 5.73 Å². The maximum Gasteiger partial charge on any atom is 0.101 e. The van der Waals surface area contributed by atoms with Gasteiger partial charge in [-0.2, -0.15) is 0 Å². The standard InChI is InChI=1S/C13H16N2S/c14-9-13(7-3-4-8-13)12-15-10-5-1-2-6-11(10)16-12/h1-2,5-6H,3-4,7-9,14H2. The molecule has 0 aliphatic heterocycles.